The number of rotatable bonds is 5. The van der Waals surface area contributed by atoms with Crippen molar-refractivity contribution in [3.8, 4) is 0 Å². The van der Waals surface area contributed by atoms with E-state index in [1.165, 1.54) is 25.0 Å². The van der Waals surface area contributed by atoms with Crippen LogP contribution in [-0.2, 0) is 10.0 Å². The molecule has 2 atom stereocenters. The maximum Gasteiger partial charge on any atom is 0.251 e. The van der Waals surface area contributed by atoms with Crippen LogP contribution in [-0.4, -0.2) is 38.5 Å². The standard InChI is InChI=1S/C17H25N3O3S.ClH/c1-11(2)20-24(22,23)16-7-3-12(4-8-16)17(21)19-15-9-13-5-6-14(10-15)18-13;/h3-4,7-8,11,13-15,18,20H,5-6,9-10H2,1-2H3,(H,19,21);1H. The van der Waals surface area contributed by atoms with Crippen molar-refractivity contribution in [1.29, 1.82) is 0 Å². The molecule has 140 valence electrons. The van der Waals surface area contributed by atoms with E-state index in [2.05, 4.69) is 15.4 Å². The predicted octanol–water partition coefficient (Wildman–Crippen LogP) is 1.81. The number of fused-ring (bicyclic) bond motifs is 2. The summed E-state index contributed by atoms with van der Waals surface area (Å²) in [5.41, 5.74) is 0.490. The fourth-order valence-corrected chi connectivity index (χ4v) is 4.86. The van der Waals surface area contributed by atoms with Crippen LogP contribution in [0.4, 0.5) is 0 Å². The summed E-state index contributed by atoms with van der Waals surface area (Å²) >= 11 is 0. The van der Waals surface area contributed by atoms with Gasteiger partial charge in [0.05, 0.1) is 4.90 Å². The van der Waals surface area contributed by atoms with Gasteiger partial charge in [-0.1, -0.05) is 0 Å². The summed E-state index contributed by atoms with van der Waals surface area (Å²) < 4.78 is 26.7. The number of carbonyl (C=O) groups is 1. The van der Waals surface area contributed by atoms with Gasteiger partial charge in [-0.3, -0.25) is 4.79 Å². The fourth-order valence-electron chi connectivity index (χ4n) is 3.61. The smallest absolute Gasteiger partial charge is 0.251 e. The number of piperidine rings is 1. The van der Waals surface area contributed by atoms with Crippen LogP contribution >= 0.6 is 12.4 Å². The summed E-state index contributed by atoms with van der Waals surface area (Å²) in [7, 11) is -3.53. The molecule has 8 heteroatoms. The summed E-state index contributed by atoms with van der Waals surface area (Å²) in [5, 5.41) is 6.63. The minimum atomic E-state index is -3.53. The highest BCUT2D eigenvalue weighted by Crippen LogP contribution is 2.27. The number of hydrogen-bond acceptors (Lipinski definition) is 4. The van der Waals surface area contributed by atoms with E-state index < -0.39 is 10.0 Å². The van der Waals surface area contributed by atoms with Gasteiger partial charge in [-0.05, 0) is 63.8 Å². The maximum atomic E-state index is 12.4. The minimum Gasteiger partial charge on any atom is -0.349 e. The Kier molecular flexibility index (Phi) is 6.48. The second-order valence-electron chi connectivity index (χ2n) is 7.08. The molecule has 1 aromatic rings. The van der Waals surface area contributed by atoms with E-state index in [1.807, 2.05) is 0 Å². The van der Waals surface area contributed by atoms with Crippen LogP contribution in [0.15, 0.2) is 29.2 Å². The average Bonchev–Trinajstić information content (AvgIpc) is 2.85. The van der Waals surface area contributed by atoms with E-state index in [0.29, 0.717) is 17.6 Å². The van der Waals surface area contributed by atoms with Gasteiger partial charge in [-0.2, -0.15) is 0 Å². The third-order valence-corrected chi connectivity index (χ3v) is 6.30. The molecule has 2 bridgehead atoms. The predicted molar refractivity (Wildman–Crippen MR) is 99.6 cm³/mol. The van der Waals surface area contributed by atoms with Crippen molar-refractivity contribution in [2.75, 3.05) is 0 Å². The Labute approximate surface area is 155 Å². The molecule has 2 heterocycles. The highest BCUT2D eigenvalue weighted by molar-refractivity contribution is 7.89. The number of nitrogens with one attached hydrogen (secondary N) is 3. The largest absolute Gasteiger partial charge is 0.349 e. The molecule has 1 aromatic carbocycles. The second-order valence-corrected chi connectivity index (χ2v) is 8.79. The minimum absolute atomic E-state index is 0. The van der Waals surface area contributed by atoms with Gasteiger partial charge in [0.1, 0.15) is 0 Å². The summed E-state index contributed by atoms with van der Waals surface area (Å²) in [4.78, 5) is 12.6. The topological polar surface area (TPSA) is 87.3 Å². The summed E-state index contributed by atoms with van der Waals surface area (Å²) in [6, 6.07) is 7.15. The van der Waals surface area contributed by atoms with Crippen molar-refractivity contribution in [2.24, 2.45) is 0 Å². The molecular weight excluding hydrogens is 362 g/mol. The molecule has 1 amide bonds. The monoisotopic (exact) mass is 387 g/mol. The number of carbonyl (C=O) groups excluding carboxylic acids is 1. The summed E-state index contributed by atoms with van der Waals surface area (Å²) in [6.07, 6.45) is 4.30. The van der Waals surface area contributed by atoms with E-state index in [1.54, 1.807) is 26.0 Å². The Morgan fingerprint density at radius 3 is 2.20 bits per heavy atom. The van der Waals surface area contributed by atoms with Crippen LogP contribution in [0.5, 0.6) is 0 Å². The second kappa shape index (κ2) is 8.03. The number of sulfonamides is 1. The quantitative estimate of drug-likeness (QED) is 0.719. The SMILES string of the molecule is CC(C)NS(=O)(=O)c1ccc(C(=O)NC2CC3CCC(C2)N3)cc1.Cl. The van der Waals surface area contributed by atoms with Crippen LogP contribution < -0.4 is 15.4 Å². The van der Waals surface area contributed by atoms with Crippen molar-refractivity contribution in [2.45, 2.75) is 68.6 Å². The van der Waals surface area contributed by atoms with Crippen LogP contribution in [0.25, 0.3) is 0 Å². The highest BCUT2D eigenvalue weighted by atomic mass is 35.5. The van der Waals surface area contributed by atoms with E-state index >= 15 is 0 Å². The van der Waals surface area contributed by atoms with Gasteiger partial charge in [0.25, 0.3) is 5.91 Å². The molecule has 0 aliphatic carbocycles. The Morgan fingerprint density at radius 2 is 1.68 bits per heavy atom. The van der Waals surface area contributed by atoms with Crippen molar-refractivity contribution in [3.63, 3.8) is 0 Å². The zero-order valence-corrected chi connectivity index (χ0v) is 16.1. The van der Waals surface area contributed by atoms with Gasteiger partial charge < -0.3 is 10.6 Å². The lowest BCUT2D eigenvalue weighted by molar-refractivity contribution is 0.0924. The Hall–Kier alpha value is -1.15. The van der Waals surface area contributed by atoms with Crippen molar-refractivity contribution < 1.29 is 13.2 Å². The first-order valence-electron chi connectivity index (χ1n) is 8.53. The van der Waals surface area contributed by atoms with Gasteiger partial charge in [0.15, 0.2) is 0 Å². The van der Waals surface area contributed by atoms with Gasteiger partial charge in [0, 0.05) is 29.7 Å². The van der Waals surface area contributed by atoms with Crippen molar-refractivity contribution in [3.05, 3.63) is 29.8 Å². The highest BCUT2D eigenvalue weighted by Gasteiger charge is 2.34. The summed E-state index contributed by atoms with van der Waals surface area (Å²) in [5.74, 6) is -0.137. The number of benzene rings is 1. The number of hydrogen-bond donors (Lipinski definition) is 3. The molecule has 2 aliphatic rings. The first kappa shape index (κ1) is 20.2. The zero-order valence-electron chi connectivity index (χ0n) is 14.5. The Morgan fingerprint density at radius 1 is 1.12 bits per heavy atom. The van der Waals surface area contributed by atoms with E-state index in [0.717, 1.165) is 12.8 Å². The molecule has 2 fully saturated rings. The lowest BCUT2D eigenvalue weighted by Gasteiger charge is -2.29. The normalized spacial score (nSPS) is 25.5. The maximum absolute atomic E-state index is 12.4. The molecule has 0 saturated carbocycles. The molecule has 0 aromatic heterocycles. The molecule has 2 unspecified atom stereocenters. The van der Waals surface area contributed by atoms with Crippen molar-refractivity contribution >= 4 is 28.3 Å². The molecule has 25 heavy (non-hydrogen) atoms. The lowest BCUT2D eigenvalue weighted by atomic mass is 9.99. The fraction of sp³-hybridized carbons (Fsp3) is 0.588. The number of amides is 1. The third kappa shape index (κ3) is 4.94. The molecule has 2 aliphatic heterocycles. The van der Waals surface area contributed by atoms with Gasteiger partial charge >= 0.3 is 0 Å². The summed E-state index contributed by atoms with van der Waals surface area (Å²) in [6.45, 7) is 3.54. The van der Waals surface area contributed by atoms with E-state index in [-0.39, 0.29) is 35.3 Å². The molecular formula is C17H26ClN3O3S. The van der Waals surface area contributed by atoms with Gasteiger partial charge in [-0.25, -0.2) is 13.1 Å². The Bertz CT molecular complexity index is 694. The van der Waals surface area contributed by atoms with Gasteiger partial charge in [-0.15, -0.1) is 12.4 Å². The molecule has 3 N–H and O–H groups in total. The van der Waals surface area contributed by atoms with E-state index in [4.69, 9.17) is 0 Å². The van der Waals surface area contributed by atoms with Crippen LogP contribution in [0, 0.1) is 0 Å². The number of halogens is 1. The lowest BCUT2D eigenvalue weighted by Crippen LogP contribution is -2.48. The molecule has 2 saturated heterocycles. The first-order chi connectivity index (χ1) is 11.3. The molecule has 3 rings (SSSR count). The molecule has 6 nitrogen and oxygen atoms in total. The zero-order chi connectivity index (χ0) is 17.3. The van der Waals surface area contributed by atoms with Crippen molar-refractivity contribution in [1.82, 2.24) is 15.4 Å². The molecule has 0 radical (unpaired) electrons. The van der Waals surface area contributed by atoms with Gasteiger partial charge in [0.2, 0.25) is 10.0 Å². The molecule has 0 spiro atoms. The van der Waals surface area contributed by atoms with Crippen LogP contribution in [0.2, 0.25) is 0 Å². The van der Waals surface area contributed by atoms with E-state index in [9.17, 15) is 13.2 Å². The van der Waals surface area contributed by atoms with Crippen LogP contribution in [0.1, 0.15) is 49.9 Å². The third-order valence-electron chi connectivity index (χ3n) is 4.63. The Balaban J connectivity index is 0.00000225. The average molecular weight is 388 g/mol. The van der Waals surface area contributed by atoms with Crippen LogP contribution in [0.3, 0.4) is 0 Å². The first-order valence-corrected chi connectivity index (χ1v) is 10.0.